The largest absolute Gasteiger partial charge is 0.345 e. The second-order valence-corrected chi connectivity index (χ2v) is 6.43. The first-order valence-electron chi connectivity index (χ1n) is 8.49. The lowest BCUT2D eigenvalue weighted by Gasteiger charge is -2.09. The van der Waals surface area contributed by atoms with Crippen LogP contribution in [-0.2, 0) is 0 Å². The van der Waals surface area contributed by atoms with Crippen LogP contribution in [-0.4, -0.2) is 19.9 Å². The van der Waals surface area contributed by atoms with Crippen LogP contribution in [0.1, 0.15) is 31.5 Å². The number of nitrogens with one attached hydrogen (secondary N) is 2. The second-order valence-electron chi connectivity index (χ2n) is 6.43. The van der Waals surface area contributed by atoms with Crippen LogP contribution in [0.4, 0.5) is 0 Å². The molecule has 5 rings (SSSR count). The van der Waals surface area contributed by atoms with Crippen molar-refractivity contribution in [3.05, 3.63) is 54.6 Å². The topological polar surface area (TPSA) is 57.4 Å². The number of H-pyrrole nitrogens is 2. The van der Waals surface area contributed by atoms with Gasteiger partial charge < -0.3 is 9.97 Å². The summed E-state index contributed by atoms with van der Waals surface area (Å²) >= 11 is 0. The Balaban J connectivity index is 1.58. The highest BCUT2D eigenvalue weighted by Gasteiger charge is 2.11. The van der Waals surface area contributed by atoms with Gasteiger partial charge in [-0.1, -0.05) is 18.2 Å². The molecule has 0 unspecified atom stereocenters. The normalized spacial score (nSPS) is 15.1. The Kier molecular flexibility index (Phi) is 3.01. The number of hydrogen-bond donors (Lipinski definition) is 2. The first kappa shape index (κ1) is 13.5. The van der Waals surface area contributed by atoms with Crippen molar-refractivity contribution < 1.29 is 0 Å². The molecular weight excluding hydrogens is 296 g/mol. The molecule has 4 heteroatoms. The van der Waals surface area contributed by atoms with Gasteiger partial charge in [0.1, 0.15) is 5.82 Å². The van der Waals surface area contributed by atoms with E-state index >= 15 is 0 Å². The van der Waals surface area contributed by atoms with Gasteiger partial charge >= 0.3 is 0 Å². The van der Waals surface area contributed by atoms with E-state index in [1.807, 2.05) is 0 Å². The number of aromatic nitrogens is 4. The fraction of sp³-hybridized carbons (Fsp3) is 0.200. The van der Waals surface area contributed by atoms with Crippen molar-refractivity contribution in [1.29, 1.82) is 0 Å². The average molecular weight is 314 g/mol. The Hall–Kier alpha value is -2.88. The van der Waals surface area contributed by atoms with Gasteiger partial charge in [-0.05, 0) is 66.6 Å². The predicted octanol–water partition coefficient (Wildman–Crippen LogP) is 5.06. The molecule has 0 saturated carbocycles. The minimum atomic E-state index is 0.989. The van der Waals surface area contributed by atoms with E-state index in [0.29, 0.717) is 0 Å². The maximum Gasteiger partial charge on any atom is 0.134 e. The molecule has 118 valence electrons. The number of rotatable bonds is 2. The zero-order valence-electron chi connectivity index (χ0n) is 13.3. The highest BCUT2D eigenvalue weighted by molar-refractivity contribution is 5.87. The molecule has 4 nitrogen and oxygen atoms in total. The Bertz CT molecular complexity index is 1070. The molecule has 2 N–H and O–H groups in total. The number of nitrogens with zero attached hydrogens (tertiary/aromatic N) is 2. The number of benzene rings is 2. The standard InChI is InChI=1S/C20H18N4/c1-2-4-13(5-3-1)20-23-17-9-7-15(11-19(17)24-20)14-6-8-16-18(10-14)22-12-21-16/h4,6-12H,1-3,5H2,(H,21,22)(H,23,24). The fourth-order valence-electron chi connectivity index (χ4n) is 3.50. The van der Waals surface area contributed by atoms with Crippen LogP contribution in [0.5, 0.6) is 0 Å². The summed E-state index contributed by atoms with van der Waals surface area (Å²) in [5.41, 5.74) is 7.86. The molecule has 4 aromatic rings. The van der Waals surface area contributed by atoms with Gasteiger partial charge in [0.2, 0.25) is 0 Å². The number of aromatic amines is 2. The molecule has 2 heterocycles. The van der Waals surface area contributed by atoms with Crippen LogP contribution >= 0.6 is 0 Å². The van der Waals surface area contributed by atoms with E-state index in [4.69, 9.17) is 4.98 Å². The summed E-state index contributed by atoms with van der Waals surface area (Å²) in [6.07, 6.45) is 8.91. The number of imidazole rings is 2. The van der Waals surface area contributed by atoms with Crippen LogP contribution in [0.15, 0.2) is 48.8 Å². The van der Waals surface area contributed by atoms with Gasteiger partial charge in [0, 0.05) is 0 Å². The van der Waals surface area contributed by atoms with Crippen molar-refractivity contribution in [2.75, 3.05) is 0 Å². The Labute approximate surface area is 139 Å². The number of hydrogen-bond acceptors (Lipinski definition) is 2. The highest BCUT2D eigenvalue weighted by atomic mass is 14.9. The van der Waals surface area contributed by atoms with Crippen LogP contribution in [0, 0.1) is 0 Å². The second kappa shape index (κ2) is 5.34. The summed E-state index contributed by atoms with van der Waals surface area (Å²) in [4.78, 5) is 15.8. The van der Waals surface area contributed by atoms with Gasteiger partial charge in [-0.3, -0.25) is 0 Å². The lowest BCUT2D eigenvalue weighted by atomic mass is 9.99. The molecule has 0 bridgehead atoms. The number of allylic oxidation sites excluding steroid dienone is 2. The maximum atomic E-state index is 4.83. The van der Waals surface area contributed by atoms with E-state index in [1.165, 1.54) is 30.4 Å². The van der Waals surface area contributed by atoms with Crippen molar-refractivity contribution >= 4 is 27.6 Å². The van der Waals surface area contributed by atoms with Crippen LogP contribution in [0.2, 0.25) is 0 Å². The third-order valence-corrected chi connectivity index (χ3v) is 4.83. The first-order valence-corrected chi connectivity index (χ1v) is 8.49. The summed E-state index contributed by atoms with van der Waals surface area (Å²) in [5, 5.41) is 0. The summed E-state index contributed by atoms with van der Waals surface area (Å²) in [5.74, 6) is 1.03. The van der Waals surface area contributed by atoms with Gasteiger partial charge in [0.05, 0.1) is 28.4 Å². The molecule has 1 aliphatic rings. The van der Waals surface area contributed by atoms with Gasteiger partial charge in [0.25, 0.3) is 0 Å². The van der Waals surface area contributed by atoms with E-state index in [-0.39, 0.29) is 0 Å². The summed E-state index contributed by atoms with van der Waals surface area (Å²) in [6, 6.07) is 12.7. The Morgan fingerprint density at radius 1 is 0.875 bits per heavy atom. The summed E-state index contributed by atoms with van der Waals surface area (Å²) in [7, 11) is 0. The highest BCUT2D eigenvalue weighted by Crippen LogP contribution is 2.29. The van der Waals surface area contributed by atoms with Crippen molar-refractivity contribution in [2.45, 2.75) is 25.7 Å². The molecule has 0 radical (unpaired) electrons. The molecule has 2 aromatic heterocycles. The number of fused-ring (bicyclic) bond motifs is 2. The van der Waals surface area contributed by atoms with E-state index < -0.39 is 0 Å². The lowest BCUT2D eigenvalue weighted by Crippen LogP contribution is -1.93. The minimum absolute atomic E-state index is 0.989. The van der Waals surface area contributed by atoms with Gasteiger partial charge in [-0.15, -0.1) is 0 Å². The first-order chi connectivity index (χ1) is 11.9. The Morgan fingerprint density at radius 3 is 2.54 bits per heavy atom. The third kappa shape index (κ3) is 2.22. The molecule has 0 saturated heterocycles. The monoisotopic (exact) mass is 314 g/mol. The zero-order chi connectivity index (χ0) is 15.9. The average Bonchev–Trinajstić information content (AvgIpc) is 3.27. The SMILES string of the molecule is C1=C(c2nc3cc(-c4ccc5[nH]cnc5c4)ccc3[nH]2)CCCC1. The van der Waals surface area contributed by atoms with Crippen LogP contribution < -0.4 is 0 Å². The molecule has 1 aliphatic carbocycles. The summed E-state index contributed by atoms with van der Waals surface area (Å²) < 4.78 is 0. The van der Waals surface area contributed by atoms with Crippen molar-refractivity contribution in [1.82, 2.24) is 19.9 Å². The van der Waals surface area contributed by atoms with Gasteiger partial charge in [-0.2, -0.15) is 0 Å². The Morgan fingerprint density at radius 2 is 1.71 bits per heavy atom. The predicted molar refractivity (Wildman–Crippen MR) is 97.6 cm³/mol. The summed E-state index contributed by atoms with van der Waals surface area (Å²) in [6.45, 7) is 0. The van der Waals surface area contributed by atoms with E-state index in [2.05, 4.69) is 57.4 Å². The quantitative estimate of drug-likeness (QED) is 0.543. The van der Waals surface area contributed by atoms with E-state index in [1.54, 1.807) is 6.33 Å². The molecule has 0 fully saturated rings. The smallest absolute Gasteiger partial charge is 0.134 e. The molecule has 0 amide bonds. The minimum Gasteiger partial charge on any atom is -0.345 e. The maximum absolute atomic E-state index is 4.83. The molecule has 0 aliphatic heterocycles. The molecule has 2 aromatic carbocycles. The van der Waals surface area contributed by atoms with Crippen LogP contribution in [0.3, 0.4) is 0 Å². The van der Waals surface area contributed by atoms with Crippen molar-refractivity contribution in [3.8, 4) is 11.1 Å². The van der Waals surface area contributed by atoms with Gasteiger partial charge in [-0.25, -0.2) is 9.97 Å². The zero-order valence-corrected chi connectivity index (χ0v) is 13.3. The van der Waals surface area contributed by atoms with Gasteiger partial charge in [0.15, 0.2) is 0 Å². The molecule has 24 heavy (non-hydrogen) atoms. The van der Waals surface area contributed by atoms with Crippen molar-refractivity contribution in [2.24, 2.45) is 0 Å². The fourth-order valence-corrected chi connectivity index (χ4v) is 3.50. The van der Waals surface area contributed by atoms with E-state index in [0.717, 1.165) is 39.9 Å². The third-order valence-electron chi connectivity index (χ3n) is 4.83. The van der Waals surface area contributed by atoms with E-state index in [9.17, 15) is 0 Å². The molecule has 0 spiro atoms. The lowest BCUT2D eigenvalue weighted by molar-refractivity contribution is 0.738. The van der Waals surface area contributed by atoms with Crippen molar-refractivity contribution in [3.63, 3.8) is 0 Å². The molecular formula is C20H18N4. The molecule has 0 atom stereocenters. The van der Waals surface area contributed by atoms with Crippen LogP contribution in [0.25, 0.3) is 38.8 Å².